The van der Waals surface area contributed by atoms with Crippen molar-refractivity contribution >= 4 is 42.1 Å². The smallest absolute Gasteiger partial charge is 0.266 e. The molecule has 2 aromatic rings. The number of nitrogens with zero attached hydrogens (tertiary/aromatic N) is 2. The molecule has 0 fully saturated rings. The van der Waals surface area contributed by atoms with Crippen molar-refractivity contribution in [2.24, 2.45) is 0 Å². The molecule has 0 bridgehead atoms. The average Bonchev–Trinajstić information content (AvgIpc) is 2.86. The topological polar surface area (TPSA) is 45.2 Å². The first-order valence-corrected chi connectivity index (χ1v) is 7.38. The molecule has 0 aliphatic heterocycles. The molecule has 0 aliphatic rings. The third kappa shape index (κ3) is 4.95. The number of hydrogen-bond donors (Lipinski definition) is 1. The minimum absolute atomic E-state index is 0. The highest BCUT2D eigenvalue weighted by Crippen LogP contribution is 2.28. The molecule has 1 amide bonds. The zero-order valence-electron chi connectivity index (χ0n) is 12.8. The van der Waals surface area contributed by atoms with Gasteiger partial charge in [0, 0.05) is 25.7 Å². The van der Waals surface area contributed by atoms with Crippen molar-refractivity contribution in [1.29, 1.82) is 0 Å². The highest BCUT2D eigenvalue weighted by Gasteiger charge is 2.20. The van der Waals surface area contributed by atoms with E-state index in [1.807, 2.05) is 51.4 Å². The van der Waals surface area contributed by atoms with Crippen LogP contribution >= 0.6 is 36.2 Å². The van der Waals surface area contributed by atoms with Crippen molar-refractivity contribution in [3.63, 3.8) is 0 Å². The van der Waals surface area contributed by atoms with Crippen molar-refractivity contribution in [3.8, 4) is 11.3 Å². The van der Waals surface area contributed by atoms with E-state index in [1.165, 1.54) is 11.3 Å². The Bertz CT molecular complexity index is 590. The van der Waals surface area contributed by atoms with Crippen LogP contribution in [0.3, 0.4) is 0 Å². The summed E-state index contributed by atoms with van der Waals surface area (Å²) in [6, 6.07) is 9.85. The molecule has 0 aliphatic carbocycles. The first-order valence-electron chi connectivity index (χ1n) is 6.56. The third-order valence-electron chi connectivity index (χ3n) is 3.02. The van der Waals surface area contributed by atoms with Gasteiger partial charge >= 0.3 is 0 Å². The fraction of sp³-hybridized carbons (Fsp3) is 0.333. The predicted octanol–water partition coefficient (Wildman–Crippen LogP) is 3.25. The van der Waals surface area contributed by atoms with Crippen molar-refractivity contribution in [1.82, 2.24) is 15.2 Å². The molecule has 0 spiro atoms. The summed E-state index contributed by atoms with van der Waals surface area (Å²) >= 11 is 1.46. The number of hydrogen-bond acceptors (Lipinski definition) is 4. The standard InChI is InChI=1S/C15H19N3OS.2ClH/c1-11-17-13(12-7-5-4-6-8-12)14(20-11)15(19)18(3)10-9-16-2;;/h4-8,16H,9-10H2,1-3H3;2*1H. The number of halogens is 2. The molecule has 4 nitrogen and oxygen atoms in total. The third-order valence-corrected chi connectivity index (χ3v) is 3.98. The van der Waals surface area contributed by atoms with E-state index in [0.29, 0.717) is 11.4 Å². The zero-order valence-corrected chi connectivity index (χ0v) is 15.3. The normalized spacial score (nSPS) is 9.59. The number of thiazole rings is 1. The van der Waals surface area contributed by atoms with Gasteiger partial charge in [-0.25, -0.2) is 4.98 Å². The van der Waals surface area contributed by atoms with E-state index in [-0.39, 0.29) is 30.7 Å². The lowest BCUT2D eigenvalue weighted by Crippen LogP contribution is -2.32. The maximum atomic E-state index is 12.5. The SMILES string of the molecule is CNCCN(C)C(=O)c1sc(C)nc1-c1ccccc1.Cl.Cl. The molecule has 0 radical (unpaired) electrons. The van der Waals surface area contributed by atoms with Gasteiger partial charge < -0.3 is 10.2 Å². The molecule has 2 rings (SSSR count). The zero-order chi connectivity index (χ0) is 14.5. The first kappa shape index (κ1) is 20.9. The summed E-state index contributed by atoms with van der Waals surface area (Å²) < 4.78 is 0. The van der Waals surface area contributed by atoms with E-state index >= 15 is 0 Å². The summed E-state index contributed by atoms with van der Waals surface area (Å²) in [5.74, 6) is 0.0321. The van der Waals surface area contributed by atoms with E-state index in [4.69, 9.17) is 0 Å². The number of carbonyl (C=O) groups is 1. The van der Waals surface area contributed by atoms with Gasteiger partial charge in [0.25, 0.3) is 5.91 Å². The maximum absolute atomic E-state index is 12.5. The second-order valence-electron chi connectivity index (χ2n) is 4.61. The van der Waals surface area contributed by atoms with Crippen LogP contribution in [0.5, 0.6) is 0 Å². The average molecular weight is 362 g/mol. The molecule has 122 valence electrons. The van der Waals surface area contributed by atoms with Gasteiger partial charge in [-0.15, -0.1) is 36.2 Å². The van der Waals surface area contributed by atoms with Crippen LogP contribution in [0, 0.1) is 6.92 Å². The molecular formula is C15H21Cl2N3OS. The Labute approximate surface area is 147 Å². The van der Waals surface area contributed by atoms with Crippen molar-refractivity contribution in [3.05, 3.63) is 40.2 Å². The number of benzene rings is 1. The largest absolute Gasteiger partial charge is 0.340 e. The number of aryl methyl sites for hydroxylation is 1. The summed E-state index contributed by atoms with van der Waals surface area (Å²) in [5, 5.41) is 3.96. The summed E-state index contributed by atoms with van der Waals surface area (Å²) in [5.41, 5.74) is 1.77. The summed E-state index contributed by atoms with van der Waals surface area (Å²) in [4.78, 5) is 19.5. The second-order valence-corrected chi connectivity index (χ2v) is 5.81. The minimum atomic E-state index is 0. The Morgan fingerprint density at radius 3 is 2.50 bits per heavy atom. The van der Waals surface area contributed by atoms with Gasteiger partial charge in [0.2, 0.25) is 0 Å². The van der Waals surface area contributed by atoms with Crippen LogP contribution in [-0.2, 0) is 0 Å². The van der Waals surface area contributed by atoms with Crippen LogP contribution in [-0.4, -0.2) is 43.0 Å². The number of carbonyl (C=O) groups excluding carboxylic acids is 1. The maximum Gasteiger partial charge on any atom is 0.266 e. The first-order chi connectivity index (χ1) is 9.63. The Balaban J connectivity index is 0.00000220. The molecule has 0 unspecified atom stereocenters. The van der Waals surface area contributed by atoms with Crippen LogP contribution in [0.2, 0.25) is 0 Å². The molecule has 7 heteroatoms. The Morgan fingerprint density at radius 2 is 1.91 bits per heavy atom. The van der Waals surface area contributed by atoms with E-state index in [1.54, 1.807) is 4.90 Å². The number of rotatable bonds is 5. The van der Waals surface area contributed by atoms with Crippen molar-refractivity contribution in [2.75, 3.05) is 27.2 Å². The van der Waals surface area contributed by atoms with E-state index in [9.17, 15) is 4.79 Å². The predicted molar refractivity (Wildman–Crippen MR) is 97.7 cm³/mol. The van der Waals surface area contributed by atoms with Crippen LogP contribution in [0.4, 0.5) is 0 Å². The number of nitrogens with one attached hydrogen (secondary N) is 1. The van der Waals surface area contributed by atoms with Crippen LogP contribution in [0.1, 0.15) is 14.7 Å². The fourth-order valence-corrected chi connectivity index (χ4v) is 2.85. The van der Waals surface area contributed by atoms with Crippen LogP contribution in [0.25, 0.3) is 11.3 Å². The Kier molecular flexibility index (Phi) is 9.28. The van der Waals surface area contributed by atoms with E-state index < -0.39 is 0 Å². The van der Waals surface area contributed by atoms with Crippen molar-refractivity contribution < 1.29 is 4.79 Å². The molecular weight excluding hydrogens is 341 g/mol. The highest BCUT2D eigenvalue weighted by molar-refractivity contribution is 7.14. The lowest BCUT2D eigenvalue weighted by atomic mass is 10.1. The van der Waals surface area contributed by atoms with Gasteiger partial charge in [0.1, 0.15) is 4.88 Å². The fourth-order valence-electron chi connectivity index (χ4n) is 1.92. The monoisotopic (exact) mass is 361 g/mol. The summed E-state index contributed by atoms with van der Waals surface area (Å²) in [7, 11) is 3.70. The molecule has 0 saturated heterocycles. The van der Waals surface area contributed by atoms with E-state index in [2.05, 4.69) is 10.3 Å². The number of amides is 1. The molecule has 22 heavy (non-hydrogen) atoms. The lowest BCUT2D eigenvalue weighted by Gasteiger charge is -2.16. The highest BCUT2D eigenvalue weighted by atomic mass is 35.5. The Hall–Kier alpha value is -1.14. The number of aromatic nitrogens is 1. The van der Waals surface area contributed by atoms with Gasteiger partial charge in [-0.3, -0.25) is 4.79 Å². The van der Waals surface area contributed by atoms with Gasteiger partial charge in [0.05, 0.1) is 10.7 Å². The van der Waals surface area contributed by atoms with E-state index in [0.717, 1.165) is 22.8 Å². The molecule has 1 aromatic carbocycles. The van der Waals surface area contributed by atoms with Gasteiger partial charge in [-0.1, -0.05) is 30.3 Å². The van der Waals surface area contributed by atoms with Crippen LogP contribution in [0.15, 0.2) is 30.3 Å². The molecule has 1 heterocycles. The molecule has 1 aromatic heterocycles. The summed E-state index contributed by atoms with van der Waals surface area (Å²) in [6.45, 7) is 3.39. The van der Waals surface area contributed by atoms with Gasteiger partial charge in [-0.2, -0.15) is 0 Å². The van der Waals surface area contributed by atoms with Crippen molar-refractivity contribution in [2.45, 2.75) is 6.92 Å². The summed E-state index contributed by atoms with van der Waals surface area (Å²) in [6.07, 6.45) is 0. The minimum Gasteiger partial charge on any atom is -0.340 e. The van der Waals surface area contributed by atoms with Gasteiger partial charge in [-0.05, 0) is 14.0 Å². The molecule has 0 saturated carbocycles. The van der Waals surface area contributed by atoms with Gasteiger partial charge in [0.15, 0.2) is 0 Å². The van der Waals surface area contributed by atoms with Crippen LogP contribution < -0.4 is 5.32 Å². The molecule has 1 N–H and O–H groups in total. The second kappa shape index (κ2) is 9.79. The molecule has 0 atom stereocenters. The lowest BCUT2D eigenvalue weighted by molar-refractivity contribution is 0.0802. The number of likely N-dealkylation sites (N-methyl/N-ethyl adjacent to an activating group) is 2. The Morgan fingerprint density at radius 1 is 1.27 bits per heavy atom. The quantitative estimate of drug-likeness (QED) is 0.888.